The number of nitrogen functional groups attached to an aromatic ring is 1. The Bertz CT molecular complexity index is 770. The van der Waals surface area contributed by atoms with E-state index in [1.54, 1.807) is 17.4 Å². The van der Waals surface area contributed by atoms with E-state index in [2.05, 4.69) is 4.98 Å². The Balaban J connectivity index is 2.10. The molecule has 0 saturated heterocycles. The number of rotatable bonds is 3. The molecule has 0 unspecified atom stereocenters. The third kappa shape index (κ3) is 2.32. The first-order valence-electron chi connectivity index (χ1n) is 6.27. The van der Waals surface area contributed by atoms with Crippen LogP contribution in [0.1, 0.15) is 6.92 Å². The van der Waals surface area contributed by atoms with Gasteiger partial charge in [0.15, 0.2) is 0 Å². The number of anilines is 1. The molecule has 0 aliphatic heterocycles. The molecule has 0 spiro atoms. The van der Waals surface area contributed by atoms with E-state index in [0.717, 1.165) is 26.5 Å². The highest BCUT2D eigenvalue weighted by atomic mass is 35.5. The molecule has 3 rings (SSSR count). The Morgan fingerprint density at radius 1 is 1.30 bits per heavy atom. The van der Waals surface area contributed by atoms with Crippen LogP contribution in [0.3, 0.4) is 0 Å². The van der Waals surface area contributed by atoms with Gasteiger partial charge in [0.2, 0.25) is 0 Å². The summed E-state index contributed by atoms with van der Waals surface area (Å²) in [6.07, 6.45) is 0. The van der Waals surface area contributed by atoms with Crippen molar-refractivity contribution in [2.75, 3.05) is 12.3 Å². The number of ether oxygens (including phenoxy) is 1. The zero-order valence-electron chi connectivity index (χ0n) is 10.9. The van der Waals surface area contributed by atoms with E-state index < -0.39 is 0 Å². The third-order valence-electron chi connectivity index (χ3n) is 2.95. The largest absolute Gasteiger partial charge is 0.494 e. The molecule has 2 N–H and O–H groups in total. The summed E-state index contributed by atoms with van der Waals surface area (Å²) in [5.41, 5.74) is 8.40. The molecule has 0 bridgehead atoms. The van der Waals surface area contributed by atoms with Crippen molar-refractivity contribution >= 4 is 38.8 Å². The van der Waals surface area contributed by atoms with Crippen LogP contribution in [0, 0.1) is 0 Å². The Morgan fingerprint density at radius 2 is 2.15 bits per heavy atom. The summed E-state index contributed by atoms with van der Waals surface area (Å²) < 4.78 is 6.58. The van der Waals surface area contributed by atoms with Crippen molar-refractivity contribution in [1.82, 2.24) is 4.98 Å². The molecule has 1 heterocycles. The molecule has 0 amide bonds. The van der Waals surface area contributed by atoms with E-state index in [1.807, 2.05) is 37.3 Å². The van der Waals surface area contributed by atoms with Crippen LogP contribution in [0.5, 0.6) is 5.75 Å². The number of aromatic nitrogens is 1. The fraction of sp³-hybridized carbons (Fsp3) is 0.133. The standard InChI is InChI=1S/C15H13ClN2OS/c1-2-19-9-6-7-12-13(8-9)20-15(18-12)10-4-3-5-11(16)14(10)17/h3-8H,2,17H2,1H3. The highest BCUT2D eigenvalue weighted by molar-refractivity contribution is 7.21. The Hall–Kier alpha value is -1.78. The number of nitrogens with zero attached hydrogens (tertiary/aromatic N) is 1. The molecule has 0 radical (unpaired) electrons. The average Bonchev–Trinajstić information content (AvgIpc) is 2.85. The summed E-state index contributed by atoms with van der Waals surface area (Å²) in [5, 5.41) is 1.42. The van der Waals surface area contributed by atoms with Gasteiger partial charge < -0.3 is 10.5 Å². The minimum absolute atomic E-state index is 0.553. The quantitative estimate of drug-likeness (QED) is 0.719. The summed E-state index contributed by atoms with van der Waals surface area (Å²) in [4.78, 5) is 4.61. The van der Waals surface area contributed by atoms with Crippen LogP contribution in [0.2, 0.25) is 5.02 Å². The molecule has 3 aromatic rings. The van der Waals surface area contributed by atoms with E-state index in [1.165, 1.54) is 0 Å². The molecule has 3 nitrogen and oxygen atoms in total. The van der Waals surface area contributed by atoms with Crippen LogP contribution >= 0.6 is 22.9 Å². The molecule has 0 saturated carbocycles. The summed E-state index contributed by atoms with van der Waals surface area (Å²) in [6, 6.07) is 11.5. The van der Waals surface area contributed by atoms with Gasteiger partial charge in [0.1, 0.15) is 10.8 Å². The molecule has 0 aliphatic rings. The lowest BCUT2D eigenvalue weighted by molar-refractivity contribution is 0.341. The molecule has 5 heteroatoms. The van der Waals surface area contributed by atoms with Crippen LogP contribution in [0.15, 0.2) is 36.4 Å². The smallest absolute Gasteiger partial charge is 0.126 e. The minimum Gasteiger partial charge on any atom is -0.494 e. The highest BCUT2D eigenvalue weighted by Gasteiger charge is 2.11. The second kappa shape index (κ2) is 5.31. The third-order valence-corrected chi connectivity index (χ3v) is 4.34. The Kier molecular flexibility index (Phi) is 3.51. The number of benzene rings is 2. The first-order chi connectivity index (χ1) is 9.69. The van der Waals surface area contributed by atoms with Gasteiger partial charge in [-0.1, -0.05) is 17.7 Å². The molecule has 0 atom stereocenters. The van der Waals surface area contributed by atoms with E-state index in [4.69, 9.17) is 22.1 Å². The number of hydrogen-bond donors (Lipinski definition) is 1. The fourth-order valence-corrected chi connectivity index (χ4v) is 3.21. The molecular formula is C15H13ClN2OS. The van der Waals surface area contributed by atoms with E-state index in [-0.39, 0.29) is 0 Å². The fourth-order valence-electron chi connectivity index (χ4n) is 2.00. The number of para-hydroxylation sites is 1. The number of halogens is 1. The first-order valence-corrected chi connectivity index (χ1v) is 7.46. The van der Waals surface area contributed by atoms with Gasteiger partial charge in [-0.25, -0.2) is 4.98 Å². The minimum atomic E-state index is 0.553. The Morgan fingerprint density at radius 3 is 2.95 bits per heavy atom. The predicted molar refractivity (Wildman–Crippen MR) is 85.6 cm³/mol. The van der Waals surface area contributed by atoms with Crippen LogP contribution in [0.4, 0.5) is 5.69 Å². The highest BCUT2D eigenvalue weighted by Crippen LogP contribution is 2.37. The van der Waals surface area contributed by atoms with Crippen LogP contribution in [-0.4, -0.2) is 11.6 Å². The molecular weight excluding hydrogens is 292 g/mol. The van der Waals surface area contributed by atoms with Gasteiger partial charge >= 0.3 is 0 Å². The number of hydrogen-bond acceptors (Lipinski definition) is 4. The number of nitrogens with two attached hydrogens (primary N) is 1. The SMILES string of the molecule is CCOc1ccc2nc(-c3cccc(Cl)c3N)sc2c1. The van der Waals surface area contributed by atoms with Crippen molar-refractivity contribution in [3.05, 3.63) is 41.4 Å². The van der Waals surface area contributed by atoms with Crippen molar-refractivity contribution in [2.24, 2.45) is 0 Å². The van der Waals surface area contributed by atoms with Gasteiger partial charge in [-0.2, -0.15) is 0 Å². The van der Waals surface area contributed by atoms with Gasteiger partial charge in [0, 0.05) is 5.56 Å². The predicted octanol–water partition coefficient (Wildman–Crippen LogP) is 4.60. The Labute approximate surface area is 126 Å². The zero-order valence-corrected chi connectivity index (χ0v) is 12.5. The van der Waals surface area contributed by atoms with Crippen molar-refractivity contribution in [1.29, 1.82) is 0 Å². The molecule has 20 heavy (non-hydrogen) atoms. The maximum absolute atomic E-state index is 6.06. The van der Waals surface area contributed by atoms with Crippen molar-refractivity contribution < 1.29 is 4.74 Å². The van der Waals surface area contributed by atoms with Gasteiger partial charge in [0.25, 0.3) is 0 Å². The first kappa shape index (κ1) is 13.2. The lowest BCUT2D eigenvalue weighted by Crippen LogP contribution is -1.90. The number of thiazole rings is 1. The zero-order chi connectivity index (χ0) is 14.1. The van der Waals surface area contributed by atoms with E-state index >= 15 is 0 Å². The maximum atomic E-state index is 6.06. The average molecular weight is 305 g/mol. The van der Waals surface area contributed by atoms with Gasteiger partial charge in [-0.05, 0) is 37.3 Å². The van der Waals surface area contributed by atoms with Crippen LogP contribution in [0.25, 0.3) is 20.8 Å². The van der Waals surface area contributed by atoms with Gasteiger partial charge in [-0.15, -0.1) is 11.3 Å². The second-order valence-electron chi connectivity index (χ2n) is 4.28. The van der Waals surface area contributed by atoms with Gasteiger partial charge in [0.05, 0.1) is 27.5 Å². The summed E-state index contributed by atoms with van der Waals surface area (Å²) in [7, 11) is 0. The van der Waals surface area contributed by atoms with Crippen molar-refractivity contribution in [3.8, 4) is 16.3 Å². The van der Waals surface area contributed by atoms with Gasteiger partial charge in [-0.3, -0.25) is 0 Å². The normalized spacial score (nSPS) is 10.9. The lowest BCUT2D eigenvalue weighted by atomic mass is 10.2. The van der Waals surface area contributed by atoms with E-state index in [9.17, 15) is 0 Å². The topological polar surface area (TPSA) is 48.1 Å². The summed E-state index contributed by atoms with van der Waals surface area (Å²) in [6.45, 7) is 2.62. The second-order valence-corrected chi connectivity index (χ2v) is 5.72. The molecule has 2 aromatic carbocycles. The molecule has 102 valence electrons. The summed E-state index contributed by atoms with van der Waals surface area (Å²) >= 11 is 7.64. The lowest BCUT2D eigenvalue weighted by Gasteiger charge is -2.02. The van der Waals surface area contributed by atoms with Crippen LogP contribution in [-0.2, 0) is 0 Å². The molecule has 0 aliphatic carbocycles. The number of fused-ring (bicyclic) bond motifs is 1. The summed E-state index contributed by atoms with van der Waals surface area (Å²) in [5.74, 6) is 0.856. The molecule has 1 aromatic heterocycles. The van der Waals surface area contributed by atoms with Crippen molar-refractivity contribution in [3.63, 3.8) is 0 Å². The van der Waals surface area contributed by atoms with E-state index in [0.29, 0.717) is 17.3 Å². The van der Waals surface area contributed by atoms with Crippen LogP contribution < -0.4 is 10.5 Å². The monoisotopic (exact) mass is 304 g/mol. The molecule has 0 fully saturated rings. The maximum Gasteiger partial charge on any atom is 0.126 e. The van der Waals surface area contributed by atoms with Crippen molar-refractivity contribution in [2.45, 2.75) is 6.92 Å².